The number of phenolic OH excluding ortho intramolecular Hbond substituents is 1. The molecule has 2 heteroatoms. The molecule has 0 amide bonds. The van der Waals surface area contributed by atoms with Gasteiger partial charge in [0.15, 0.2) is 0 Å². The van der Waals surface area contributed by atoms with Crippen LogP contribution >= 0.6 is 0 Å². The average molecular weight is 158 g/mol. The molecule has 0 aromatic heterocycles. The summed E-state index contributed by atoms with van der Waals surface area (Å²) in [5.74, 6) is -0.960. The Kier molecular flexibility index (Phi) is 0.467. The summed E-state index contributed by atoms with van der Waals surface area (Å²) < 4.78 is 68.8. The van der Waals surface area contributed by atoms with E-state index in [4.69, 9.17) is 12.3 Å². The molecule has 2 rings (SSSR count). The van der Waals surface area contributed by atoms with Gasteiger partial charge in [0, 0.05) is 20.3 Å². The van der Waals surface area contributed by atoms with Crippen LogP contribution in [0, 0.1) is 0 Å². The number of phenols is 1. The lowest BCUT2D eigenvalue weighted by molar-refractivity contribution is 0.459. The van der Waals surface area contributed by atoms with Crippen molar-refractivity contribution in [1.82, 2.24) is 5.32 Å². The summed E-state index contributed by atoms with van der Waals surface area (Å²) in [4.78, 5) is 0. The van der Waals surface area contributed by atoms with Crippen LogP contribution in [0.25, 0.3) is 0 Å². The molecule has 0 unspecified atom stereocenters. The first-order chi connectivity index (χ1) is 8.84. The lowest BCUT2D eigenvalue weighted by Gasteiger charge is -2.17. The van der Waals surface area contributed by atoms with Crippen molar-refractivity contribution in [2.45, 2.75) is 12.9 Å². The molecule has 0 saturated carbocycles. The van der Waals surface area contributed by atoms with Crippen LogP contribution in [0.5, 0.6) is 5.75 Å². The predicted molar refractivity (Wildman–Crippen MR) is 43.5 cm³/mol. The molecule has 1 heterocycles. The lowest BCUT2D eigenvalue weighted by atomic mass is 10.0. The maximum absolute atomic E-state index is 9.83. The summed E-state index contributed by atoms with van der Waals surface area (Å²) >= 11 is 0. The van der Waals surface area contributed by atoms with Gasteiger partial charge in [-0.2, -0.15) is 0 Å². The maximum Gasteiger partial charge on any atom is 0.120 e. The standard InChI is InChI=1S/C9H11NO/c11-9-3-1-2-7-4-5-10-6-8(7)9/h1-3,10-11H,4-6H2/i1D,2D,3D,4D2,5D2,6D2. The SMILES string of the molecule is [2H]c1c([2H])c(O)c2c(c1[2H])C([2H])([2H])C([2H])([2H])NC2([2H])[2H]. The smallest absolute Gasteiger partial charge is 0.120 e. The molecule has 2 nitrogen and oxygen atoms in total. The van der Waals surface area contributed by atoms with E-state index in [1.54, 1.807) is 5.32 Å². The van der Waals surface area contributed by atoms with Crippen molar-refractivity contribution in [3.05, 3.63) is 29.3 Å². The number of hydrogen-bond acceptors (Lipinski definition) is 2. The minimum Gasteiger partial charge on any atom is -0.508 e. The van der Waals surface area contributed by atoms with Gasteiger partial charge in [-0.1, -0.05) is 12.1 Å². The van der Waals surface area contributed by atoms with Crippen molar-refractivity contribution in [2.24, 2.45) is 0 Å². The van der Waals surface area contributed by atoms with Gasteiger partial charge in [-0.3, -0.25) is 0 Å². The Hall–Kier alpha value is -1.02. The fraction of sp³-hybridized carbons (Fsp3) is 0.333. The number of benzene rings is 1. The van der Waals surface area contributed by atoms with Gasteiger partial charge in [0.1, 0.15) is 5.75 Å². The van der Waals surface area contributed by atoms with Gasteiger partial charge in [-0.05, 0) is 24.5 Å². The number of fused-ring (bicyclic) bond motifs is 1. The third-order valence-corrected chi connectivity index (χ3v) is 1.29. The Bertz CT molecular complexity index is 598. The van der Waals surface area contributed by atoms with Gasteiger partial charge in [0.2, 0.25) is 0 Å². The van der Waals surface area contributed by atoms with Crippen LogP contribution in [-0.4, -0.2) is 11.6 Å². The summed E-state index contributed by atoms with van der Waals surface area (Å²) in [6.07, 6.45) is -2.84. The number of rotatable bonds is 0. The molecule has 0 spiro atoms. The van der Waals surface area contributed by atoms with Crippen LogP contribution in [0.2, 0.25) is 0 Å². The second-order valence-electron chi connectivity index (χ2n) is 1.97. The van der Waals surface area contributed by atoms with Crippen LogP contribution in [0.1, 0.15) is 23.5 Å². The Labute approximate surface area is 78.5 Å². The Morgan fingerprint density at radius 3 is 3.45 bits per heavy atom. The highest BCUT2D eigenvalue weighted by atomic mass is 16.3. The molecule has 11 heavy (non-hydrogen) atoms. The highest BCUT2D eigenvalue weighted by Gasteiger charge is 2.10. The van der Waals surface area contributed by atoms with Gasteiger partial charge in [-0.15, -0.1) is 0 Å². The van der Waals surface area contributed by atoms with Crippen molar-refractivity contribution >= 4 is 0 Å². The molecule has 1 aromatic rings. The van der Waals surface area contributed by atoms with Crippen LogP contribution < -0.4 is 5.32 Å². The molecule has 0 fully saturated rings. The number of aromatic hydroxyl groups is 1. The fourth-order valence-corrected chi connectivity index (χ4v) is 0.799. The topological polar surface area (TPSA) is 32.3 Å². The first-order valence-electron chi connectivity index (χ1n) is 7.47. The van der Waals surface area contributed by atoms with Gasteiger partial charge >= 0.3 is 0 Å². The molecule has 1 aliphatic heterocycles. The maximum atomic E-state index is 9.83. The van der Waals surface area contributed by atoms with Crippen molar-refractivity contribution in [2.75, 3.05) is 6.50 Å². The van der Waals surface area contributed by atoms with Crippen molar-refractivity contribution < 1.29 is 17.4 Å². The van der Waals surface area contributed by atoms with E-state index in [9.17, 15) is 5.11 Å². The van der Waals surface area contributed by atoms with E-state index in [0.717, 1.165) is 0 Å². The minimum absolute atomic E-state index is 0.705. The van der Waals surface area contributed by atoms with Gasteiger partial charge in [0.25, 0.3) is 0 Å². The Balaban J connectivity index is 2.99. The zero-order valence-electron chi connectivity index (χ0n) is 14.4. The van der Waals surface area contributed by atoms with Crippen LogP contribution in [0.3, 0.4) is 0 Å². The Morgan fingerprint density at radius 2 is 2.55 bits per heavy atom. The van der Waals surface area contributed by atoms with Gasteiger partial charge in [0.05, 0.1) is 4.11 Å². The van der Waals surface area contributed by atoms with Gasteiger partial charge in [-0.25, -0.2) is 0 Å². The third-order valence-electron chi connectivity index (χ3n) is 1.29. The van der Waals surface area contributed by atoms with Crippen molar-refractivity contribution in [3.8, 4) is 5.75 Å². The highest BCUT2D eigenvalue weighted by Crippen LogP contribution is 2.22. The average Bonchev–Trinajstić information content (AvgIpc) is 2.27. The number of hydrogen-bond donors (Lipinski definition) is 2. The molecule has 0 aliphatic carbocycles. The van der Waals surface area contributed by atoms with E-state index in [1.807, 2.05) is 0 Å². The summed E-state index contributed by atoms with van der Waals surface area (Å²) in [6.45, 7) is -5.52. The predicted octanol–water partition coefficient (Wildman–Crippen LogP) is 1.04. The Morgan fingerprint density at radius 1 is 1.64 bits per heavy atom. The molecule has 0 bridgehead atoms. The largest absolute Gasteiger partial charge is 0.508 e. The summed E-state index contributed by atoms with van der Waals surface area (Å²) in [5.41, 5.74) is -1.45. The van der Waals surface area contributed by atoms with Crippen LogP contribution in [0.4, 0.5) is 0 Å². The normalized spacial score (nSPS) is 41.6. The van der Waals surface area contributed by atoms with E-state index in [2.05, 4.69) is 0 Å². The molecular weight excluding hydrogens is 138 g/mol. The summed E-state index contributed by atoms with van der Waals surface area (Å²) in [6, 6.07) is -2.38. The molecule has 1 aliphatic rings. The molecule has 0 radical (unpaired) electrons. The first-order valence-corrected chi connectivity index (χ1v) is 2.97. The van der Waals surface area contributed by atoms with Gasteiger partial charge < -0.3 is 10.4 Å². The highest BCUT2D eigenvalue weighted by molar-refractivity contribution is 5.40. The summed E-state index contributed by atoms with van der Waals surface area (Å²) in [7, 11) is 0. The second kappa shape index (κ2) is 2.55. The molecule has 1 aromatic carbocycles. The molecule has 2 N–H and O–H groups in total. The summed E-state index contributed by atoms with van der Waals surface area (Å²) in [5, 5.41) is 11.6. The molecule has 0 saturated heterocycles. The molecule has 58 valence electrons. The zero-order chi connectivity index (χ0) is 15.7. The third kappa shape index (κ3) is 1.10. The number of nitrogens with one attached hydrogen (secondary N) is 1. The van der Waals surface area contributed by atoms with Crippen molar-refractivity contribution in [3.63, 3.8) is 0 Å². The fourth-order valence-electron chi connectivity index (χ4n) is 0.799. The minimum atomic E-state index is -2.85. The lowest BCUT2D eigenvalue weighted by Crippen LogP contribution is -2.23. The van der Waals surface area contributed by atoms with E-state index in [1.165, 1.54) is 0 Å². The second-order valence-corrected chi connectivity index (χ2v) is 1.97. The van der Waals surface area contributed by atoms with Crippen LogP contribution in [0.15, 0.2) is 18.1 Å². The molecule has 0 atom stereocenters. The van der Waals surface area contributed by atoms with E-state index >= 15 is 0 Å². The zero-order valence-corrected chi connectivity index (χ0v) is 5.45. The first kappa shape index (κ1) is 2.02. The monoisotopic (exact) mass is 158 g/mol. The van der Waals surface area contributed by atoms with E-state index in [-0.39, 0.29) is 0 Å². The van der Waals surface area contributed by atoms with Crippen molar-refractivity contribution in [1.29, 1.82) is 0 Å². The molecular formula is C9H11NO. The van der Waals surface area contributed by atoms with Crippen LogP contribution in [-0.2, 0) is 12.9 Å². The quantitative estimate of drug-likeness (QED) is 0.591. The van der Waals surface area contributed by atoms with E-state index < -0.39 is 54.4 Å². The van der Waals surface area contributed by atoms with E-state index in [0.29, 0.717) is 0 Å².